The first-order valence-corrected chi connectivity index (χ1v) is 14.8. The number of halogens is 1. The Labute approximate surface area is 248 Å². The maximum absolute atomic E-state index is 15.1. The highest BCUT2D eigenvalue weighted by atomic mass is 19.1. The molecule has 3 aromatic rings. The minimum atomic E-state index is -0.859. The first-order chi connectivity index (χ1) is 19.9. The third-order valence-corrected chi connectivity index (χ3v) is 8.32. The van der Waals surface area contributed by atoms with Crippen molar-refractivity contribution in [1.82, 2.24) is 9.88 Å². The molecule has 2 aliphatic carbocycles. The van der Waals surface area contributed by atoms with E-state index in [0.717, 1.165) is 16.7 Å². The minimum Gasteiger partial charge on any atom is -0.390 e. The van der Waals surface area contributed by atoms with Crippen LogP contribution in [0.4, 0.5) is 10.2 Å². The number of pyridine rings is 1. The largest absolute Gasteiger partial charge is 0.390 e. The summed E-state index contributed by atoms with van der Waals surface area (Å²) >= 11 is 0. The van der Waals surface area contributed by atoms with Gasteiger partial charge in [0.2, 0.25) is 11.8 Å². The minimum absolute atomic E-state index is 0.214. The molecule has 0 atom stereocenters. The van der Waals surface area contributed by atoms with Gasteiger partial charge >= 0.3 is 0 Å². The Morgan fingerprint density at radius 1 is 1.05 bits per heavy atom. The molecule has 0 saturated heterocycles. The molecule has 4 N–H and O–H groups in total. The topological polar surface area (TPSA) is 109 Å². The zero-order chi connectivity index (χ0) is 30.5. The fourth-order valence-corrected chi connectivity index (χ4v) is 6.30. The summed E-state index contributed by atoms with van der Waals surface area (Å²) in [5.74, 6) is 0.103. The highest BCUT2D eigenvalue weighted by Crippen LogP contribution is 2.47. The molecule has 2 saturated carbocycles. The predicted molar refractivity (Wildman–Crippen MR) is 165 cm³/mol. The fraction of sp³-hybridized carbons (Fsp3) is 0.441. The van der Waals surface area contributed by atoms with Crippen molar-refractivity contribution in [1.29, 1.82) is 0 Å². The lowest BCUT2D eigenvalue weighted by Gasteiger charge is -2.49. The van der Waals surface area contributed by atoms with Gasteiger partial charge < -0.3 is 21.1 Å². The Morgan fingerprint density at radius 3 is 2.29 bits per heavy atom. The van der Waals surface area contributed by atoms with E-state index in [2.05, 4.69) is 10.3 Å². The van der Waals surface area contributed by atoms with Gasteiger partial charge in [-0.05, 0) is 61.4 Å². The third-order valence-electron chi connectivity index (χ3n) is 8.32. The van der Waals surface area contributed by atoms with E-state index in [9.17, 15) is 14.7 Å². The molecule has 224 valence electrons. The molecular formula is C34H43FN4O3. The molecule has 0 bridgehead atoms. The molecule has 8 heteroatoms. The Morgan fingerprint density at radius 2 is 1.71 bits per heavy atom. The molecule has 0 unspecified atom stereocenters. The number of nitrogens with two attached hydrogens (primary N) is 1. The number of benzene rings is 2. The molecule has 2 amide bonds. The second kappa shape index (κ2) is 13.1. The van der Waals surface area contributed by atoms with Crippen LogP contribution in [0.5, 0.6) is 0 Å². The van der Waals surface area contributed by atoms with Gasteiger partial charge in [0.25, 0.3) is 0 Å². The number of hydrogen-bond donors (Lipinski definition) is 3. The first kappa shape index (κ1) is 31.3. The zero-order valence-electron chi connectivity index (χ0n) is 25.1. The van der Waals surface area contributed by atoms with E-state index in [-0.39, 0.29) is 5.91 Å². The van der Waals surface area contributed by atoms with Crippen molar-refractivity contribution in [2.75, 3.05) is 12.4 Å². The van der Waals surface area contributed by atoms with Crippen molar-refractivity contribution < 1.29 is 19.1 Å². The summed E-state index contributed by atoms with van der Waals surface area (Å²) in [6, 6.07) is 16.9. The number of nitrogens with zero attached hydrogens (tertiary/aromatic N) is 2. The zero-order valence-corrected chi connectivity index (χ0v) is 25.1. The van der Waals surface area contributed by atoms with Gasteiger partial charge in [-0.25, -0.2) is 9.37 Å². The van der Waals surface area contributed by atoms with Crippen LogP contribution in [0, 0.1) is 5.82 Å². The summed E-state index contributed by atoms with van der Waals surface area (Å²) in [5, 5.41) is 12.7. The van der Waals surface area contributed by atoms with Crippen LogP contribution in [-0.2, 0) is 15.1 Å². The molecule has 2 aliphatic rings. The third kappa shape index (κ3) is 7.41. The number of aromatic nitrogens is 1. The van der Waals surface area contributed by atoms with Crippen LogP contribution in [0.25, 0.3) is 22.3 Å². The number of amides is 2. The molecule has 1 aromatic heterocycles. The van der Waals surface area contributed by atoms with E-state index in [1.807, 2.05) is 55.3 Å². The summed E-state index contributed by atoms with van der Waals surface area (Å²) < 4.78 is 15.1. The first-order valence-electron chi connectivity index (χ1n) is 14.8. The van der Waals surface area contributed by atoms with Crippen LogP contribution < -0.4 is 11.1 Å². The molecule has 1 heterocycles. The molecule has 2 aromatic carbocycles. The van der Waals surface area contributed by atoms with Crippen molar-refractivity contribution in [2.45, 2.75) is 89.3 Å². The molecular weight excluding hydrogens is 531 g/mol. The van der Waals surface area contributed by atoms with Crippen molar-refractivity contribution in [2.24, 2.45) is 5.73 Å². The van der Waals surface area contributed by atoms with Gasteiger partial charge in [-0.2, -0.15) is 0 Å². The van der Waals surface area contributed by atoms with E-state index in [0.29, 0.717) is 48.2 Å². The van der Waals surface area contributed by atoms with Crippen molar-refractivity contribution in [3.63, 3.8) is 0 Å². The summed E-state index contributed by atoms with van der Waals surface area (Å²) in [6.45, 7) is 5.06. The Kier molecular flexibility index (Phi) is 9.79. The van der Waals surface area contributed by atoms with E-state index in [4.69, 9.17) is 5.73 Å². The highest BCUT2D eigenvalue weighted by Gasteiger charge is 2.50. The van der Waals surface area contributed by atoms with Crippen molar-refractivity contribution in [3.8, 4) is 22.3 Å². The lowest BCUT2D eigenvalue weighted by atomic mass is 9.63. The number of rotatable bonds is 6. The van der Waals surface area contributed by atoms with E-state index >= 15 is 4.39 Å². The van der Waals surface area contributed by atoms with Gasteiger partial charge in [-0.3, -0.25) is 9.59 Å². The number of anilines is 1. The van der Waals surface area contributed by atoms with Gasteiger partial charge in [-0.15, -0.1) is 0 Å². The summed E-state index contributed by atoms with van der Waals surface area (Å²) in [7, 11) is 1.95. The average molecular weight is 575 g/mol. The molecule has 5 rings (SSSR count). The van der Waals surface area contributed by atoms with E-state index in [1.165, 1.54) is 45.1 Å². The van der Waals surface area contributed by atoms with Gasteiger partial charge in [0.05, 0.1) is 5.60 Å². The number of carbonyl (C=O) groups excluding carboxylic acids is 2. The van der Waals surface area contributed by atoms with Crippen molar-refractivity contribution in [3.05, 3.63) is 72.2 Å². The fourth-order valence-electron chi connectivity index (χ4n) is 6.30. The lowest BCUT2D eigenvalue weighted by molar-refractivity contribution is -0.132. The normalized spacial score (nSPS) is 21.9. The summed E-state index contributed by atoms with van der Waals surface area (Å²) in [6.07, 6.45) is 9.28. The van der Waals surface area contributed by atoms with E-state index < -0.39 is 17.0 Å². The molecule has 0 spiro atoms. The number of hydrogen-bond acceptors (Lipinski definition) is 5. The smallest absolute Gasteiger partial charge is 0.222 e. The Balaban J connectivity index is 0.000000283. The lowest BCUT2D eigenvalue weighted by Crippen LogP contribution is -2.58. The standard InChI is InChI=1S/C24H24FN3O2.C10H19NO/c1-15(29)28-22-11-18(16-6-4-3-5-7-16)19(12-27-22)17-8-9-20(21(25)10-17)24(26)13-23(2,30)14-24;1-3-10(12)11(2)9-7-5-4-6-8-9/h3-12,30H,13-14,26H2,1-2H3,(H,27,28,29);9H,3-8H2,1-2H3. The molecule has 2 fully saturated rings. The Hall–Kier alpha value is -3.62. The van der Waals surface area contributed by atoms with Crippen LogP contribution in [0.3, 0.4) is 0 Å². The quantitative estimate of drug-likeness (QED) is 0.316. The van der Waals surface area contributed by atoms with Crippen LogP contribution >= 0.6 is 0 Å². The van der Waals surface area contributed by atoms with Crippen LogP contribution in [0.1, 0.15) is 77.7 Å². The summed E-state index contributed by atoms with van der Waals surface area (Å²) in [4.78, 5) is 29.0. The monoisotopic (exact) mass is 574 g/mol. The number of aliphatic hydroxyl groups is 1. The van der Waals surface area contributed by atoms with Crippen LogP contribution in [-0.4, -0.2) is 45.5 Å². The van der Waals surface area contributed by atoms with Crippen molar-refractivity contribution >= 4 is 17.6 Å². The molecule has 0 aliphatic heterocycles. The maximum Gasteiger partial charge on any atom is 0.222 e. The predicted octanol–water partition coefficient (Wildman–Crippen LogP) is 6.40. The average Bonchev–Trinajstić information content (AvgIpc) is 2.96. The van der Waals surface area contributed by atoms with Gasteiger partial charge in [0, 0.05) is 49.3 Å². The van der Waals surface area contributed by atoms with Crippen LogP contribution in [0.15, 0.2) is 60.8 Å². The van der Waals surface area contributed by atoms with Gasteiger partial charge in [-0.1, -0.05) is 68.7 Å². The van der Waals surface area contributed by atoms with Crippen LogP contribution in [0.2, 0.25) is 0 Å². The van der Waals surface area contributed by atoms with E-state index in [1.54, 1.807) is 25.3 Å². The second-order valence-electron chi connectivity index (χ2n) is 12.0. The summed E-state index contributed by atoms with van der Waals surface area (Å²) in [5.41, 5.74) is 8.17. The highest BCUT2D eigenvalue weighted by molar-refractivity contribution is 5.91. The molecule has 7 nitrogen and oxygen atoms in total. The number of nitrogens with one attached hydrogen (secondary N) is 1. The van der Waals surface area contributed by atoms with Gasteiger partial charge in [0.1, 0.15) is 11.6 Å². The maximum atomic E-state index is 15.1. The van der Waals surface area contributed by atoms with Gasteiger partial charge in [0.15, 0.2) is 0 Å². The second-order valence-corrected chi connectivity index (χ2v) is 12.0. The molecule has 42 heavy (non-hydrogen) atoms. The Bertz CT molecular complexity index is 1400. The number of carbonyl (C=O) groups is 2. The molecule has 0 radical (unpaired) electrons. The SMILES string of the molecule is CC(=O)Nc1cc(-c2ccccc2)c(-c2ccc(C3(N)CC(C)(O)C3)c(F)c2)cn1.CCC(=O)N(C)C1CCCCC1.